The van der Waals surface area contributed by atoms with E-state index >= 15 is 0 Å². The van der Waals surface area contributed by atoms with Gasteiger partial charge in [0.15, 0.2) is 11.3 Å². The van der Waals surface area contributed by atoms with Crippen molar-refractivity contribution in [1.82, 2.24) is 0 Å². The quantitative estimate of drug-likeness (QED) is 0.736. The fourth-order valence-electron chi connectivity index (χ4n) is 3.96. The van der Waals surface area contributed by atoms with Crippen LogP contribution in [0.1, 0.15) is 5.56 Å². The molecule has 5 rings (SSSR count). The molecule has 0 amide bonds. The Morgan fingerprint density at radius 1 is 1.07 bits per heavy atom. The molecule has 0 bridgehead atoms. The normalized spacial score (nSPS) is 16.2. The molecule has 0 saturated carbocycles. The van der Waals surface area contributed by atoms with E-state index in [9.17, 15) is 4.79 Å². The number of methoxy groups -OCH3 is 1. The van der Waals surface area contributed by atoms with Gasteiger partial charge in [-0.25, -0.2) is 0 Å². The van der Waals surface area contributed by atoms with Crippen LogP contribution < -0.4 is 15.6 Å². The maximum absolute atomic E-state index is 12.8. The average molecular weight is 390 g/mol. The summed E-state index contributed by atoms with van der Waals surface area (Å²) in [4.78, 5) is 14.8. The highest BCUT2D eigenvalue weighted by atomic mass is 16.5. The fraction of sp³-hybridized carbons (Fsp3) is 0.261. The Bertz CT molecular complexity index is 1160. The summed E-state index contributed by atoms with van der Waals surface area (Å²) in [6.45, 7) is 3.41. The van der Waals surface area contributed by atoms with Gasteiger partial charge in [-0.15, -0.1) is 0 Å². The summed E-state index contributed by atoms with van der Waals surface area (Å²) in [6, 6.07) is 13.4. The Morgan fingerprint density at radius 3 is 2.76 bits per heavy atom. The van der Waals surface area contributed by atoms with Gasteiger partial charge in [0.1, 0.15) is 11.3 Å². The van der Waals surface area contributed by atoms with E-state index in [4.69, 9.17) is 13.9 Å². The molecule has 6 heteroatoms. The summed E-state index contributed by atoms with van der Waals surface area (Å²) in [5, 5.41) is 3.97. The molecule has 1 saturated heterocycles. The molecular weight excluding hydrogens is 368 g/mol. The highest BCUT2D eigenvalue weighted by Gasteiger charge is 2.19. The van der Waals surface area contributed by atoms with Crippen molar-refractivity contribution in [1.29, 1.82) is 0 Å². The maximum Gasteiger partial charge on any atom is 0.200 e. The van der Waals surface area contributed by atoms with E-state index < -0.39 is 0 Å². The summed E-state index contributed by atoms with van der Waals surface area (Å²) in [5.41, 5.74) is 4.49. The Kier molecular flexibility index (Phi) is 4.48. The second-order valence-electron chi connectivity index (χ2n) is 7.14. The molecule has 2 aromatic carbocycles. The molecule has 2 aliphatic rings. The minimum absolute atomic E-state index is 0.0321. The topological polar surface area (TPSA) is 63.9 Å². The number of fused-ring (bicyclic) bond motifs is 2. The van der Waals surface area contributed by atoms with E-state index in [0.29, 0.717) is 49.7 Å². The number of ether oxygens (including phenoxy) is 2. The predicted molar refractivity (Wildman–Crippen MR) is 114 cm³/mol. The number of nitrogens with one attached hydrogen (secondary N) is 1. The first-order valence-electron chi connectivity index (χ1n) is 9.77. The van der Waals surface area contributed by atoms with Gasteiger partial charge in [-0.3, -0.25) is 4.79 Å². The van der Waals surface area contributed by atoms with Crippen LogP contribution in [0.4, 0.5) is 11.6 Å². The Morgan fingerprint density at radius 2 is 1.93 bits per heavy atom. The molecule has 3 aromatic rings. The zero-order valence-electron chi connectivity index (χ0n) is 16.2. The number of para-hydroxylation sites is 1. The molecule has 0 unspecified atom stereocenters. The second kappa shape index (κ2) is 7.29. The van der Waals surface area contributed by atoms with Crippen LogP contribution in [0.25, 0.3) is 27.9 Å². The van der Waals surface area contributed by atoms with E-state index in [1.54, 1.807) is 13.2 Å². The molecule has 2 aliphatic heterocycles. The van der Waals surface area contributed by atoms with E-state index in [1.165, 1.54) is 0 Å². The standard InChI is InChI=1S/C23H22N2O4/c1-27-21-7-8-24-19-13-15(5-6-17(19)21)16-3-2-4-18-20(26)14-22(29-23(16)18)25-9-11-28-12-10-25/h2-7,13-14,24H,8-12H2,1H3. The molecule has 1 fully saturated rings. The number of benzene rings is 2. The van der Waals surface area contributed by atoms with E-state index in [2.05, 4.69) is 16.3 Å². The lowest BCUT2D eigenvalue weighted by atomic mass is 9.98. The molecule has 0 aliphatic carbocycles. The largest absolute Gasteiger partial charge is 0.496 e. The predicted octanol–water partition coefficient (Wildman–Crippen LogP) is 3.71. The van der Waals surface area contributed by atoms with Crippen LogP contribution in [-0.4, -0.2) is 40.0 Å². The molecule has 0 atom stereocenters. The van der Waals surface area contributed by atoms with E-state index in [-0.39, 0.29) is 5.43 Å². The molecule has 1 N–H and O–H groups in total. The minimum Gasteiger partial charge on any atom is -0.496 e. The van der Waals surface area contributed by atoms with E-state index in [0.717, 1.165) is 28.1 Å². The van der Waals surface area contributed by atoms with Gasteiger partial charge < -0.3 is 24.1 Å². The average Bonchev–Trinajstić information content (AvgIpc) is 2.78. The molecule has 3 heterocycles. The molecule has 29 heavy (non-hydrogen) atoms. The molecule has 148 valence electrons. The van der Waals surface area contributed by atoms with E-state index in [1.807, 2.05) is 36.4 Å². The van der Waals surface area contributed by atoms with Crippen LogP contribution in [0.15, 0.2) is 57.8 Å². The van der Waals surface area contributed by atoms with Gasteiger partial charge >= 0.3 is 0 Å². The third-order valence-corrected chi connectivity index (χ3v) is 5.46. The van der Waals surface area contributed by atoms with Crippen LogP contribution in [0, 0.1) is 0 Å². The van der Waals surface area contributed by atoms with Crippen molar-refractivity contribution in [2.24, 2.45) is 0 Å². The SMILES string of the molecule is COC1=CCNc2cc(-c3cccc4c(=O)cc(N5CCOCC5)oc34)ccc21. The first-order chi connectivity index (χ1) is 14.2. The smallest absolute Gasteiger partial charge is 0.200 e. The summed E-state index contributed by atoms with van der Waals surface area (Å²) < 4.78 is 17.2. The van der Waals surface area contributed by atoms with Crippen molar-refractivity contribution < 1.29 is 13.9 Å². The van der Waals surface area contributed by atoms with Crippen LogP contribution in [0.2, 0.25) is 0 Å². The molecule has 0 spiro atoms. The molecule has 0 radical (unpaired) electrons. The van der Waals surface area contributed by atoms with Gasteiger partial charge in [-0.2, -0.15) is 0 Å². The van der Waals surface area contributed by atoms with Crippen LogP contribution in [0.5, 0.6) is 0 Å². The zero-order chi connectivity index (χ0) is 19.8. The third-order valence-electron chi connectivity index (χ3n) is 5.46. The number of hydrogen-bond acceptors (Lipinski definition) is 6. The molecular formula is C23H22N2O4. The number of anilines is 2. The number of hydrogen-bond donors (Lipinski definition) is 1. The number of nitrogens with zero attached hydrogens (tertiary/aromatic N) is 1. The lowest BCUT2D eigenvalue weighted by Gasteiger charge is -2.27. The van der Waals surface area contributed by atoms with Crippen molar-refractivity contribution in [2.75, 3.05) is 50.2 Å². The lowest BCUT2D eigenvalue weighted by molar-refractivity contribution is 0.121. The molecule has 6 nitrogen and oxygen atoms in total. The first-order valence-corrected chi connectivity index (χ1v) is 9.77. The lowest BCUT2D eigenvalue weighted by Crippen LogP contribution is -2.36. The highest BCUT2D eigenvalue weighted by Crippen LogP contribution is 2.35. The Hall–Kier alpha value is -3.25. The maximum atomic E-state index is 12.8. The number of morpholine rings is 1. The van der Waals surface area contributed by atoms with Crippen molar-refractivity contribution in [2.45, 2.75) is 0 Å². The summed E-state index contributed by atoms with van der Waals surface area (Å²) >= 11 is 0. The van der Waals surface area contributed by atoms with Gasteiger partial charge in [0.25, 0.3) is 0 Å². The van der Waals surface area contributed by atoms with Crippen LogP contribution in [0.3, 0.4) is 0 Å². The van der Waals surface area contributed by atoms with Gasteiger partial charge in [-0.05, 0) is 29.8 Å². The summed E-state index contributed by atoms with van der Waals surface area (Å²) in [5.74, 6) is 1.46. The molecule has 1 aromatic heterocycles. The monoisotopic (exact) mass is 390 g/mol. The third kappa shape index (κ3) is 3.15. The summed E-state index contributed by atoms with van der Waals surface area (Å²) in [7, 11) is 1.68. The second-order valence-corrected chi connectivity index (χ2v) is 7.14. The van der Waals surface area contributed by atoms with Crippen molar-refractivity contribution in [3.05, 3.63) is 64.3 Å². The van der Waals surface area contributed by atoms with Crippen molar-refractivity contribution >= 4 is 28.3 Å². The van der Waals surface area contributed by atoms with Gasteiger partial charge in [-0.1, -0.05) is 18.2 Å². The Balaban J connectivity index is 1.64. The first kappa shape index (κ1) is 17.8. The van der Waals surface area contributed by atoms with Crippen LogP contribution >= 0.6 is 0 Å². The zero-order valence-corrected chi connectivity index (χ0v) is 16.2. The van der Waals surface area contributed by atoms with Crippen molar-refractivity contribution in [3.63, 3.8) is 0 Å². The summed E-state index contributed by atoms with van der Waals surface area (Å²) in [6.07, 6.45) is 2.02. The number of rotatable bonds is 3. The van der Waals surface area contributed by atoms with Crippen molar-refractivity contribution in [3.8, 4) is 11.1 Å². The highest BCUT2D eigenvalue weighted by molar-refractivity contribution is 5.94. The van der Waals surface area contributed by atoms with Gasteiger partial charge in [0, 0.05) is 42.5 Å². The Labute approximate surface area is 168 Å². The van der Waals surface area contributed by atoms with Gasteiger partial charge in [0.05, 0.1) is 25.7 Å². The minimum atomic E-state index is -0.0321. The van der Waals surface area contributed by atoms with Gasteiger partial charge in [0.2, 0.25) is 0 Å². The van der Waals surface area contributed by atoms with Crippen LogP contribution in [-0.2, 0) is 9.47 Å². The fourth-order valence-corrected chi connectivity index (χ4v) is 3.96.